The van der Waals surface area contributed by atoms with Gasteiger partial charge in [0.05, 0.1) is 12.2 Å². The van der Waals surface area contributed by atoms with Crippen molar-refractivity contribution in [1.29, 1.82) is 0 Å². The minimum absolute atomic E-state index is 0.175. The van der Waals surface area contributed by atoms with Gasteiger partial charge in [0.15, 0.2) is 0 Å². The van der Waals surface area contributed by atoms with E-state index < -0.39 is 0 Å². The van der Waals surface area contributed by atoms with Gasteiger partial charge >= 0.3 is 0 Å². The molecule has 106 valence electrons. The highest BCUT2D eigenvalue weighted by Crippen LogP contribution is 2.16. The van der Waals surface area contributed by atoms with Crippen molar-refractivity contribution in [3.63, 3.8) is 0 Å². The number of hydrogen-bond acceptors (Lipinski definition) is 4. The van der Waals surface area contributed by atoms with Crippen LogP contribution >= 0.6 is 0 Å². The number of oxime groups is 1. The number of benzene rings is 1. The largest absolute Gasteiger partial charge is 0.493 e. The van der Waals surface area contributed by atoms with E-state index in [4.69, 9.17) is 20.4 Å². The molecule has 3 N–H and O–H groups in total. The van der Waals surface area contributed by atoms with E-state index in [1.165, 1.54) is 0 Å². The van der Waals surface area contributed by atoms with Crippen LogP contribution in [0.1, 0.15) is 25.8 Å². The van der Waals surface area contributed by atoms with Gasteiger partial charge in [0.2, 0.25) is 0 Å². The summed E-state index contributed by atoms with van der Waals surface area (Å²) in [7, 11) is 1.70. The first-order chi connectivity index (χ1) is 8.96. The van der Waals surface area contributed by atoms with E-state index in [-0.39, 0.29) is 11.4 Å². The minimum Gasteiger partial charge on any atom is -0.493 e. The maximum Gasteiger partial charge on any atom is 0.143 e. The predicted molar refractivity (Wildman–Crippen MR) is 74.8 cm³/mol. The lowest BCUT2D eigenvalue weighted by Gasteiger charge is -2.22. The van der Waals surface area contributed by atoms with Gasteiger partial charge in [-0.3, -0.25) is 0 Å². The van der Waals surface area contributed by atoms with Crippen molar-refractivity contribution < 1.29 is 14.7 Å². The molecule has 1 rings (SSSR count). The number of hydrogen-bond donors (Lipinski definition) is 2. The van der Waals surface area contributed by atoms with Crippen molar-refractivity contribution in [1.82, 2.24) is 0 Å². The van der Waals surface area contributed by atoms with Crippen LogP contribution in [0.15, 0.2) is 29.4 Å². The van der Waals surface area contributed by atoms with Crippen molar-refractivity contribution in [2.45, 2.75) is 32.3 Å². The second kappa shape index (κ2) is 6.99. The van der Waals surface area contributed by atoms with Gasteiger partial charge in [-0.15, -0.1) is 0 Å². The summed E-state index contributed by atoms with van der Waals surface area (Å²) in [6, 6.07) is 7.54. The Morgan fingerprint density at radius 1 is 1.32 bits per heavy atom. The molecular formula is C14H22N2O3. The van der Waals surface area contributed by atoms with E-state index in [2.05, 4.69) is 5.16 Å². The Balaban J connectivity index is 2.44. The summed E-state index contributed by atoms with van der Waals surface area (Å²) in [5.41, 5.74) is 6.24. The van der Waals surface area contributed by atoms with Gasteiger partial charge in [0, 0.05) is 20.0 Å². The normalized spacial score (nSPS) is 12.5. The molecule has 0 saturated heterocycles. The zero-order valence-electron chi connectivity index (χ0n) is 11.7. The van der Waals surface area contributed by atoms with Crippen molar-refractivity contribution in [2.75, 3.05) is 13.7 Å². The molecule has 5 nitrogen and oxygen atoms in total. The molecule has 0 atom stereocenters. The number of ether oxygens (including phenoxy) is 2. The maximum atomic E-state index is 8.49. The van der Waals surface area contributed by atoms with E-state index in [9.17, 15) is 0 Å². The van der Waals surface area contributed by atoms with Crippen molar-refractivity contribution >= 4 is 5.84 Å². The summed E-state index contributed by atoms with van der Waals surface area (Å²) >= 11 is 0. The fourth-order valence-corrected chi connectivity index (χ4v) is 1.46. The summed E-state index contributed by atoms with van der Waals surface area (Å²) in [6.45, 7) is 4.65. The zero-order valence-corrected chi connectivity index (χ0v) is 11.7. The lowest BCUT2D eigenvalue weighted by atomic mass is 10.1. The second-order valence-corrected chi connectivity index (χ2v) is 4.97. The van der Waals surface area contributed by atoms with E-state index >= 15 is 0 Å². The summed E-state index contributed by atoms with van der Waals surface area (Å²) in [4.78, 5) is 0. The molecule has 0 aliphatic carbocycles. The Bertz CT molecular complexity index is 413. The molecule has 0 unspecified atom stereocenters. The maximum absolute atomic E-state index is 8.49. The fraction of sp³-hybridized carbons (Fsp3) is 0.500. The third kappa shape index (κ3) is 5.61. The standard InChI is InChI=1S/C14H22N2O3/c1-14(2,18-3)8-9-19-12-6-4-11(5-7-12)10-13(15)16-17/h4-7,17H,8-10H2,1-3H3,(H2,15,16). The van der Waals surface area contributed by atoms with E-state index in [0.717, 1.165) is 17.7 Å². The molecule has 0 spiro atoms. The first-order valence-corrected chi connectivity index (χ1v) is 6.20. The van der Waals surface area contributed by atoms with Crippen LogP contribution in [0.4, 0.5) is 0 Å². The Kier molecular flexibility index (Phi) is 5.63. The zero-order chi connectivity index (χ0) is 14.3. The molecule has 5 heteroatoms. The lowest BCUT2D eigenvalue weighted by molar-refractivity contribution is 0.00545. The molecule has 0 fully saturated rings. The third-order valence-electron chi connectivity index (χ3n) is 2.96. The van der Waals surface area contributed by atoms with Gasteiger partial charge in [-0.05, 0) is 31.5 Å². The summed E-state index contributed by atoms with van der Waals surface area (Å²) in [6.07, 6.45) is 1.24. The van der Waals surface area contributed by atoms with Crippen molar-refractivity contribution in [2.24, 2.45) is 10.9 Å². The molecule has 0 amide bonds. The second-order valence-electron chi connectivity index (χ2n) is 4.97. The molecule has 0 bridgehead atoms. The third-order valence-corrected chi connectivity index (χ3v) is 2.96. The van der Waals surface area contributed by atoms with Gasteiger partial charge in [0.25, 0.3) is 0 Å². The van der Waals surface area contributed by atoms with Crippen LogP contribution in [0.2, 0.25) is 0 Å². The van der Waals surface area contributed by atoms with Crippen molar-refractivity contribution in [3.05, 3.63) is 29.8 Å². The summed E-state index contributed by atoms with van der Waals surface area (Å²) in [5.74, 6) is 0.991. The molecule has 1 aromatic rings. The van der Waals surface area contributed by atoms with Gasteiger partial charge in [-0.1, -0.05) is 17.3 Å². The highest BCUT2D eigenvalue weighted by molar-refractivity contribution is 5.82. The topological polar surface area (TPSA) is 77.1 Å². The molecule has 0 aliphatic rings. The van der Waals surface area contributed by atoms with Gasteiger partial charge in [0.1, 0.15) is 11.6 Å². The van der Waals surface area contributed by atoms with Gasteiger partial charge < -0.3 is 20.4 Å². The van der Waals surface area contributed by atoms with E-state index in [1.807, 2.05) is 38.1 Å². The first kappa shape index (κ1) is 15.3. The molecule has 0 aliphatic heterocycles. The Hall–Kier alpha value is -1.75. The number of amidine groups is 1. The smallest absolute Gasteiger partial charge is 0.143 e. The van der Waals surface area contributed by atoms with Crippen LogP contribution in [0.5, 0.6) is 5.75 Å². The first-order valence-electron chi connectivity index (χ1n) is 6.20. The average Bonchev–Trinajstić information content (AvgIpc) is 2.40. The average molecular weight is 266 g/mol. The fourth-order valence-electron chi connectivity index (χ4n) is 1.46. The van der Waals surface area contributed by atoms with Gasteiger partial charge in [-0.2, -0.15) is 0 Å². The molecule has 0 aromatic heterocycles. The number of nitrogens with two attached hydrogens (primary N) is 1. The highest BCUT2D eigenvalue weighted by Gasteiger charge is 2.15. The quantitative estimate of drug-likeness (QED) is 0.343. The van der Waals surface area contributed by atoms with Crippen LogP contribution in [0, 0.1) is 0 Å². The Labute approximate surface area is 114 Å². The van der Waals surface area contributed by atoms with E-state index in [1.54, 1.807) is 7.11 Å². The Morgan fingerprint density at radius 3 is 2.47 bits per heavy atom. The number of methoxy groups -OCH3 is 1. The predicted octanol–water partition coefficient (Wildman–Crippen LogP) is 2.17. The molecule has 19 heavy (non-hydrogen) atoms. The van der Waals surface area contributed by atoms with Crippen LogP contribution in [0.25, 0.3) is 0 Å². The van der Waals surface area contributed by atoms with E-state index in [0.29, 0.717) is 13.0 Å². The molecule has 1 aromatic carbocycles. The highest BCUT2D eigenvalue weighted by atomic mass is 16.5. The van der Waals surface area contributed by atoms with Crippen LogP contribution < -0.4 is 10.5 Å². The summed E-state index contributed by atoms with van der Waals surface area (Å²) < 4.78 is 11.0. The van der Waals surface area contributed by atoms with Crippen LogP contribution in [-0.4, -0.2) is 30.4 Å². The van der Waals surface area contributed by atoms with Crippen LogP contribution in [0.3, 0.4) is 0 Å². The Morgan fingerprint density at radius 2 is 1.95 bits per heavy atom. The number of nitrogens with zero attached hydrogens (tertiary/aromatic N) is 1. The minimum atomic E-state index is -0.175. The van der Waals surface area contributed by atoms with Gasteiger partial charge in [-0.25, -0.2) is 0 Å². The molecule has 0 radical (unpaired) electrons. The summed E-state index contributed by atoms with van der Waals surface area (Å²) in [5, 5.41) is 11.4. The molecule has 0 heterocycles. The molecule has 0 saturated carbocycles. The SMILES string of the molecule is COC(C)(C)CCOc1ccc(C/C(N)=N/O)cc1. The molecular weight excluding hydrogens is 244 g/mol. The van der Waals surface area contributed by atoms with Crippen LogP contribution in [-0.2, 0) is 11.2 Å². The van der Waals surface area contributed by atoms with Crippen molar-refractivity contribution in [3.8, 4) is 5.75 Å². The lowest BCUT2D eigenvalue weighted by Crippen LogP contribution is -2.25. The monoisotopic (exact) mass is 266 g/mol. The number of rotatable bonds is 7.